The molecular weight excluding hydrogens is 241 g/mol. The number of nitrogens with zero attached hydrogens (tertiary/aromatic N) is 2. The molecular formula is C15H24FN3. The topological polar surface area (TPSA) is 32.5 Å². The fourth-order valence-electron chi connectivity index (χ4n) is 2.98. The Morgan fingerprint density at radius 2 is 2.21 bits per heavy atom. The van der Waals surface area contributed by atoms with Gasteiger partial charge in [0.1, 0.15) is 5.82 Å². The van der Waals surface area contributed by atoms with Gasteiger partial charge in [-0.15, -0.1) is 0 Å². The molecule has 2 N–H and O–H groups in total. The summed E-state index contributed by atoms with van der Waals surface area (Å²) in [6.07, 6.45) is 3.00. The molecule has 4 heteroatoms. The van der Waals surface area contributed by atoms with Crippen molar-refractivity contribution < 1.29 is 4.39 Å². The number of likely N-dealkylation sites (N-methyl/N-ethyl adjacent to an activating group) is 1. The van der Waals surface area contributed by atoms with Gasteiger partial charge in [-0.05, 0) is 51.5 Å². The second kappa shape index (κ2) is 6.35. The summed E-state index contributed by atoms with van der Waals surface area (Å²) in [5, 5.41) is 0. The molecule has 106 valence electrons. The number of nitrogens with two attached hydrogens (primary N) is 1. The monoisotopic (exact) mass is 265 g/mol. The molecule has 1 unspecified atom stereocenters. The standard InChI is InChI=1S/C15H24FN3/c1-18(2)11-13-6-4-10-19(13)15-12(8-9-17)5-3-7-14(15)16/h3,5,7,13H,4,6,8-11,17H2,1-2H3. The normalized spacial score (nSPS) is 19.4. The number of rotatable bonds is 5. The van der Waals surface area contributed by atoms with E-state index in [-0.39, 0.29) is 5.82 Å². The van der Waals surface area contributed by atoms with E-state index in [2.05, 4.69) is 23.9 Å². The predicted octanol–water partition coefficient (Wildman–Crippen LogP) is 1.86. The average molecular weight is 265 g/mol. The molecule has 0 saturated carbocycles. The highest BCUT2D eigenvalue weighted by Crippen LogP contribution is 2.31. The fraction of sp³-hybridized carbons (Fsp3) is 0.600. The van der Waals surface area contributed by atoms with Gasteiger partial charge in [0.15, 0.2) is 0 Å². The van der Waals surface area contributed by atoms with E-state index in [0.29, 0.717) is 12.6 Å². The summed E-state index contributed by atoms with van der Waals surface area (Å²) in [5.41, 5.74) is 7.45. The molecule has 1 fully saturated rings. The lowest BCUT2D eigenvalue weighted by atomic mass is 10.1. The summed E-state index contributed by atoms with van der Waals surface area (Å²) in [7, 11) is 4.14. The van der Waals surface area contributed by atoms with Crippen molar-refractivity contribution in [2.24, 2.45) is 5.73 Å². The van der Waals surface area contributed by atoms with Crippen molar-refractivity contribution >= 4 is 5.69 Å². The highest BCUT2D eigenvalue weighted by molar-refractivity contribution is 5.56. The first kappa shape index (κ1) is 14.3. The van der Waals surface area contributed by atoms with Crippen LogP contribution in [0.4, 0.5) is 10.1 Å². The maximum Gasteiger partial charge on any atom is 0.146 e. The quantitative estimate of drug-likeness (QED) is 0.882. The first-order chi connectivity index (χ1) is 9.13. The van der Waals surface area contributed by atoms with Gasteiger partial charge >= 0.3 is 0 Å². The van der Waals surface area contributed by atoms with Gasteiger partial charge in [0.2, 0.25) is 0 Å². The summed E-state index contributed by atoms with van der Waals surface area (Å²) in [5.74, 6) is -0.114. The van der Waals surface area contributed by atoms with E-state index in [1.54, 1.807) is 12.1 Å². The fourth-order valence-corrected chi connectivity index (χ4v) is 2.98. The van der Waals surface area contributed by atoms with Crippen LogP contribution in [0.2, 0.25) is 0 Å². The molecule has 0 spiro atoms. The molecule has 0 amide bonds. The molecule has 1 aromatic rings. The van der Waals surface area contributed by atoms with Crippen molar-refractivity contribution in [1.29, 1.82) is 0 Å². The van der Waals surface area contributed by atoms with E-state index in [0.717, 1.165) is 43.6 Å². The summed E-state index contributed by atoms with van der Waals surface area (Å²) < 4.78 is 14.2. The molecule has 0 aliphatic carbocycles. The van der Waals surface area contributed by atoms with Crippen LogP contribution < -0.4 is 10.6 Å². The number of benzene rings is 1. The number of anilines is 1. The third-order valence-electron chi connectivity index (χ3n) is 3.72. The smallest absolute Gasteiger partial charge is 0.146 e. The van der Waals surface area contributed by atoms with E-state index in [1.807, 2.05) is 6.07 Å². The van der Waals surface area contributed by atoms with Crippen LogP contribution in [-0.2, 0) is 6.42 Å². The molecule has 1 atom stereocenters. The van der Waals surface area contributed by atoms with Crippen molar-refractivity contribution in [2.45, 2.75) is 25.3 Å². The maximum absolute atomic E-state index is 14.2. The lowest BCUT2D eigenvalue weighted by molar-refractivity contribution is 0.371. The molecule has 0 bridgehead atoms. The van der Waals surface area contributed by atoms with Crippen molar-refractivity contribution in [3.05, 3.63) is 29.6 Å². The van der Waals surface area contributed by atoms with Crippen LogP contribution in [0.25, 0.3) is 0 Å². The van der Waals surface area contributed by atoms with Crippen molar-refractivity contribution in [1.82, 2.24) is 4.90 Å². The minimum Gasteiger partial charge on any atom is -0.365 e. The maximum atomic E-state index is 14.2. The van der Waals surface area contributed by atoms with Gasteiger partial charge in [-0.2, -0.15) is 0 Å². The van der Waals surface area contributed by atoms with Gasteiger partial charge in [-0.25, -0.2) is 4.39 Å². The molecule has 0 aromatic heterocycles. The van der Waals surface area contributed by atoms with E-state index >= 15 is 0 Å². The van der Waals surface area contributed by atoms with Gasteiger partial charge in [-0.1, -0.05) is 12.1 Å². The largest absolute Gasteiger partial charge is 0.365 e. The van der Waals surface area contributed by atoms with Crippen LogP contribution in [0.3, 0.4) is 0 Å². The van der Waals surface area contributed by atoms with Crippen molar-refractivity contribution in [3.63, 3.8) is 0 Å². The highest BCUT2D eigenvalue weighted by Gasteiger charge is 2.28. The lowest BCUT2D eigenvalue weighted by Gasteiger charge is -2.31. The summed E-state index contributed by atoms with van der Waals surface area (Å²) in [6, 6.07) is 5.74. The molecule has 0 radical (unpaired) electrons. The van der Waals surface area contributed by atoms with Gasteiger partial charge in [0.25, 0.3) is 0 Å². The molecule has 19 heavy (non-hydrogen) atoms. The number of hydrogen-bond acceptors (Lipinski definition) is 3. The summed E-state index contributed by atoms with van der Waals surface area (Å²) >= 11 is 0. The second-order valence-electron chi connectivity index (χ2n) is 5.54. The van der Waals surface area contributed by atoms with E-state index in [9.17, 15) is 4.39 Å². The molecule has 1 aromatic carbocycles. The highest BCUT2D eigenvalue weighted by atomic mass is 19.1. The average Bonchev–Trinajstić information content (AvgIpc) is 2.77. The first-order valence-corrected chi connectivity index (χ1v) is 7.02. The van der Waals surface area contributed by atoms with Crippen LogP contribution in [0.1, 0.15) is 18.4 Å². The van der Waals surface area contributed by atoms with E-state index in [1.165, 1.54) is 0 Å². The van der Waals surface area contributed by atoms with Crippen LogP contribution in [0.5, 0.6) is 0 Å². The molecule has 1 aliphatic heterocycles. The van der Waals surface area contributed by atoms with Crippen LogP contribution in [0.15, 0.2) is 18.2 Å². The third-order valence-corrected chi connectivity index (χ3v) is 3.72. The zero-order valence-electron chi connectivity index (χ0n) is 11.9. The Kier molecular flexibility index (Phi) is 4.77. The Labute approximate surface area is 115 Å². The zero-order valence-corrected chi connectivity index (χ0v) is 11.9. The summed E-state index contributed by atoms with van der Waals surface area (Å²) in [4.78, 5) is 4.41. The number of para-hydroxylation sites is 1. The second-order valence-corrected chi connectivity index (χ2v) is 5.54. The minimum absolute atomic E-state index is 0.114. The summed E-state index contributed by atoms with van der Waals surface area (Å²) in [6.45, 7) is 2.47. The van der Waals surface area contributed by atoms with Gasteiger partial charge in [0, 0.05) is 19.1 Å². The van der Waals surface area contributed by atoms with E-state index < -0.39 is 0 Å². The molecule has 1 aliphatic rings. The predicted molar refractivity (Wildman–Crippen MR) is 78.1 cm³/mol. The van der Waals surface area contributed by atoms with E-state index in [4.69, 9.17) is 5.73 Å². The SMILES string of the molecule is CN(C)CC1CCCN1c1c(F)cccc1CCN. The van der Waals surface area contributed by atoms with Gasteiger partial charge < -0.3 is 15.5 Å². The minimum atomic E-state index is -0.114. The molecule has 1 heterocycles. The first-order valence-electron chi connectivity index (χ1n) is 7.02. The van der Waals surface area contributed by atoms with Crippen molar-refractivity contribution in [3.8, 4) is 0 Å². The van der Waals surface area contributed by atoms with Gasteiger partial charge in [-0.3, -0.25) is 0 Å². The van der Waals surface area contributed by atoms with Crippen LogP contribution in [-0.4, -0.2) is 44.7 Å². The molecule has 3 nitrogen and oxygen atoms in total. The Morgan fingerprint density at radius 1 is 1.42 bits per heavy atom. The molecule has 2 rings (SSSR count). The molecule has 1 saturated heterocycles. The Morgan fingerprint density at radius 3 is 2.89 bits per heavy atom. The van der Waals surface area contributed by atoms with Crippen LogP contribution >= 0.6 is 0 Å². The van der Waals surface area contributed by atoms with Gasteiger partial charge in [0.05, 0.1) is 5.69 Å². The Hall–Kier alpha value is -1.13. The van der Waals surface area contributed by atoms with Crippen molar-refractivity contribution in [2.75, 3.05) is 38.6 Å². The number of halogens is 1. The Balaban J connectivity index is 2.29. The lowest BCUT2D eigenvalue weighted by Crippen LogP contribution is -2.38. The Bertz CT molecular complexity index is 420. The zero-order chi connectivity index (χ0) is 13.8. The van der Waals surface area contributed by atoms with Crippen LogP contribution in [0, 0.1) is 5.82 Å². The third kappa shape index (κ3) is 3.25. The number of hydrogen-bond donors (Lipinski definition) is 1.